The molecule has 3 heterocycles. The molecule has 9 rings (SSSR count). The van der Waals surface area contributed by atoms with E-state index in [1.165, 1.54) is 12.0 Å². The normalized spacial score (nSPS) is 19.8. The second-order valence-electron chi connectivity index (χ2n) is 18.8. The molecular formula is C55H55BIN3O7Si. The molecular weight excluding hydrogens is 980 g/mol. The van der Waals surface area contributed by atoms with Gasteiger partial charge in [0.25, 0.3) is 8.32 Å². The van der Waals surface area contributed by atoms with E-state index < -0.39 is 39.3 Å². The summed E-state index contributed by atoms with van der Waals surface area (Å²) in [4.78, 5) is 35.9. The van der Waals surface area contributed by atoms with E-state index in [1.807, 2.05) is 97.1 Å². The third kappa shape index (κ3) is 9.34. The van der Waals surface area contributed by atoms with Crippen LogP contribution in [0, 0.1) is 21.3 Å². The van der Waals surface area contributed by atoms with Crippen molar-refractivity contribution in [2.45, 2.75) is 57.5 Å². The highest BCUT2D eigenvalue weighted by molar-refractivity contribution is 14.1. The zero-order chi connectivity index (χ0) is 47.6. The first-order valence-electron chi connectivity index (χ1n) is 23.1. The van der Waals surface area contributed by atoms with Gasteiger partial charge in [0.15, 0.2) is 11.5 Å². The van der Waals surface area contributed by atoms with Crippen LogP contribution in [0.2, 0.25) is 11.4 Å². The fourth-order valence-electron chi connectivity index (χ4n) is 10.6. The number of aromatic hydroxyl groups is 1. The second-order valence-corrected chi connectivity index (χ2v) is 24.3. The van der Waals surface area contributed by atoms with Crippen LogP contribution in [0.25, 0.3) is 11.6 Å². The summed E-state index contributed by atoms with van der Waals surface area (Å²) in [6.45, 7) is 6.95. The molecule has 0 bridgehead atoms. The zero-order valence-corrected chi connectivity index (χ0v) is 41.8. The van der Waals surface area contributed by atoms with Crippen molar-refractivity contribution < 1.29 is 33.5 Å². The SMILES string of the molecule is COc1cc(/C=C(/CC[C@H]2OB(O)C[C@H]3C2=C(CO[Si](c2ccccc2)(c2ccccc2)C(C)(C)C)C[C@H]2C(=O)N(c4ccc(Nc5ccccc5)cc4)C(=O)[C@H]23)c2ccccn2)cc(I)c1O. The lowest BCUT2D eigenvalue weighted by Crippen LogP contribution is -2.66. The third-order valence-electron chi connectivity index (χ3n) is 13.7. The van der Waals surface area contributed by atoms with Gasteiger partial charge in [0.1, 0.15) is 0 Å². The van der Waals surface area contributed by atoms with Crippen LogP contribution in [0.1, 0.15) is 51.3 Å². The van der Waals surface area contributed by atoms with Crippen LogP contribution in [-0.4, -0.2) is 62.2 Å². The van der Waals surface area contributed by atoms with Crippen molar-refractivity contribution in [3.05, 3.63) is 178 Å². The Balaban J connectivity index is 1.12. The van der Waals surface area contributed by atoms with E-state index in [1.54, 1.807) is 12.3 Å². The number of nitrogens with one attached hydrogen (secondary N) is 1. The van der Waals surface area contributed by atoms with Crippen LogP contribution in [0.15, 0.2) is 163 Å². The molecule has 2 aliphatic heterocycles. The molecule has 0 saturated carbocycles. The first-order valence-corrected chi connectivity index (χ1v) is 26.1. The number of para-hydroxylation sites is 1. The number of amides is 2. The third-order valence-corrected chi connectivity index (χ3v) is 19.5. The minimum absolute atomic E-state index is 0.0752. The fourth-order valence-corrected chi connectivity index (χ4v) is 15.8. The number of halogens is 1. The molecule has 0 radical (unpaired) electrons. The lowest BCUT2D eigenvalue weighted by Gasteiger charge is -2.46. The van der Waals surface area contributed by atoms with E-state index in [9.17, 15) is 19.7 Å². The van der Waals surface area contributed by atoms with Crippen molar-refractivity contribution in [3.8, 4) is 11.5 Å². The smallest absolute Gasteiger partial charge is 0.455 e. The number of carbonyl (C=O) groups excluding carboxylic acids is 2. The van der Waals surface area contributed by atoms with Crippen LogP contribution in [0.3, 0.4) is 0 Å². The number of carbonyl (C=O) groups is 2. The molecule has 2 saturated heterocycles. The van der Waals surface area contributed by atoms with Gasteiger partial charge in [0.2, 0.25) is 11.8 Å². The number of pyridine rings is 1. The molecule has 0 spiro atoms. The standard InChI is InChI=1S/C55H55BIN3O7Si/c1-55(2,3)68(42-18-10-6-11-19-42,43-20-12-7-13-21-43)66-35-38-33-44-51(54(63)60(53(44)62)41-26-24-40(25-27-41)59-39-16-8-5-9-17-39)45-34-56(64)67-48(50(38)45)28-23-37(47-22-14-15-29-58-47)30-36-31-46(57)52(61)49(32-36)65-4/h5-22,24-27,29-32,44-45,48,51,59,61,64H,23,28,33-35H2,1-4H3/b37-30-/t44-,45+,48-,51-/m1/s1. The maximum atomic E-state index is 15.0. The summed E-state index contributed by atoms with van der Waals surface area (Å²) in [5.41, 5.74) is 6.65. The maximum absolute atomic E-state index is 15.0. The highest BCUT2D eigenvalue weighted by Crippen LogP contribution is 2.52. The van der Waals surface area contributed by atoms with Gasteiger partial charge in [-0.05, 0) is 159 Å². The number of methoxy groups -OCH3 is 1. The average Bonchev–Trinajstić information content (AvgIpc) is 3.60. The van der Waals surface area contributed by atoms with Crippen molar-refractivity contribution in [1.82, 2.24) is 4.98 Å². The van der Waals surface area contributed by atoms with E-state index in [0.29, 0.717) is 34.3 Å². The highest BCUT2D eigenvalue weighted by atomic mass is 127. The number of nitrogens with zero attached hydrogens (tertiary/aromatic N) is 2. The van der Waals surface area contributed by atoms with Crippen LogP contribution < -0.4 is 25.3 Å². The van der Waals surface area contributed by atoms with Crippen LogP contribution >= 0.6 is 22.6 Å². The van der Waals surface area contributed by atoms with Gasteiger partial charge in [-0.15, -0.1) is 0 Å². The molecule has 1 aromatic heterocycles. The summed E-state index contributed by atoms with van der Waals surface area (Å²) < 4.78 is 20.4. The van der Waals surface area contributed by atoms with E-state index >= 15 is 0 Å². The summed E-state index contributed by atoms with van der Waals surface area (Å²) in [6.07, 6.45) is 4.60. The number of hydrogen-bond acceptors (Lipinski definition) is 9. The summed E-state index contributed by atoms with van der Waals surface area (Å²) >= 11 is 2.10. The Kier molecular flexibility index (Phi) is 13.9. The number of fused-ring (bicyclic) bond motifs is 3. The molecule has 68 heavy (non-hydrogen) atoms. The number of anilines is 3. The summed E-state index contributed by atoms with van der Waals surface area (Å²) in [5, 5.41) is 27.6. The fraction of sp³-hybridized carbons (Fsp3) is 0.255. The maximum Gasteiger partial charge on any atom is 0.455 e. The molecule has 1 aliphatic carbocycles. The van der Waals surface area contributed by atoms with E-state index in [2.05, 4.69) is 97.2 Å². The zero-order valence-electron chi connectivity index (χ0n) is 38.6. The quantitative estimate of drug-likeness (QED) is 0.0423. The van der Waals surface area contributed by atoms with Gasteiger partial charge >= 0.3 is 7.12 Å². The molecule has 13 heteroatoms. The molecule has 5 aromatic carbocycles. The van der Waals surface area contributed by atoms with Crippen LogP contribution in [-0.2, 0) is 18.7 Å². The Morgan fingerprint density at radius 2 is 1.50 bits per heavy atom. The molecule has 2 amide bonds. The van der Waals surface area contributed by atoms with E-state index in [-0.39, 0.29) is 35.5 Å². The molecule has 2 fully saturated rings. The molecule has 4 atom stereocenters. The monoisotopic (exact) mass is 1040 g/mol. The second kappa shape index (κ2) is 20.0. The number of phenols is 1. The van der Waals surface area contributed by atoms with Gasteiger partial charge in [-0.25, -0.2) is 0 Å². The van der Waals surface area contributed by atoms with Gasteiger partial charge in [-0.1, -0.05) is 106 Å². The summed E-state index contributed by atoms with van der Waals surface area (Å²) in [5.74, 6) is -1.91. The van der Waals surface area contributed by atoms with Gasteiger partial charge < -0.3 is 29.3 Å². The Morgan fingerprint density at radius 1 is 0.868 bits per heavy atom. The number of allylic oxidation sites excluding steroid dienone is 1. The Bertz CT molecular complexity index is 2790. The van der Waals surface area contributed by atoms with Crippen molar-refractivity contribution in [2.75, 3.05) is 23.9 Å². The van der Waals surface area contributed by atoms with E-state index in [4.69, 9.17) is 18.8 Å². The largest absolute Gasteiger partial charge is 0.504 e. The molecule has 3 N–H and O–H groups in total. The number of hydrogen-bond donors (Lipinski definition) is 3. The first-order chi connectivity index (χ1) is 32.9. The van der Waals surface area contributed by atoms with E-state index in [0.717, 1.165) is 49.7 Å². The van der Waals surface area contributed by atoms with Crippen LogP contribution in [0.4, 0.5) is 17.1 Å². The molecule has 346 valence electrons. The number of aromatic nitrogens is 1. The lowest BCUT2D eigenvalue weighted by molar-refractivity contribution is -0.122. The molecule has 3 aliphatic rings. The number of imide groups is 1. The Morgan fingerprint density at radius 3 is 2.12 bits per heavy atom. The number of benzene rings is 5. The number of phenolic OH excluding ortho intramolecular Hbond substituents is 1. The van der Waals surface area contributed by atoms with Crippen molar-refractivity contribution in [2.24, 2.45) is 17.8 Å². The summed E-state index contributed by atoms with van der Waals surface area (Å²) in [6, 6.07) is 47.7. The van der Waals surface area contributed by atoms with Gasteiger partial charge in [-0.2, -0.15) is 0 Å². The Hall–Kier alpha value is -5.84. The van der Waals surface area contributed by atoms with Crippen LogP contribution in [0.5, 0.6) is 11.5 Å². The lowest BCUT2D eigenvalue weighted by atomic mass is 9.58. The minimum Gasteiger partial charge on any atom is -0.504 e. The van der Waals surface area contributed by atoms with Gasteiger partial charge in [-0.3, -0.25) is 19.5 Å². The summed E-state index contributed by atoms with van der Waals surface area (Å²) in [7, 11) is -2.71. The topological polar surface area (TPSA) is 130 Å². The van der Waals surface area contributed by atoms with Crippen molar-refractivity contribution >= 4 is 88.9 Å². The molecule has 0 unspecified atom stereocenters. The highest BCUT2D eigenvalue weighted by Gasteiger charge is 2.58. The predicted octanol–water partition coefficient (Wildman–Crippen LogP) is 10.0. The van der Waals surface area contributed by atoms with Gasteiger partial charge in [0.05, 0.1) is 46.6 Å². The molecule has 6 aromatic rings. The molecule has 10 nitrogen and oxygen atoms in total. The Labute approximate surface area is 413 Å². The first kappa shape index (κ1) is 47.2. The minimum atomic E-state index is -3.07. The van der Waals surface area contributed by atoms with Crippen molar-refractivity contribution in [1.29, 1.82) is 0 Å². The number of ether oxygens (including phenoxy) is 1. The van der Waals surface area contributed by atoms with Gasteiger partial charge in [0, 0.05) is 17.6 Å². The number of rotatable bonds is 14. The predicted molar refractivity (Wildman–Crippen MR) is 281 cm³/mol. The average molecular weight is 1040 g/mol. The van der Waals surface area contributed by atoms with Crippen molar-refractivity contribution in [3.63, 3.8) is 0 Å².